The Bertz CT molecular complexity index is 564. The van der Waals surface area contributed by atoms with Gasteiger partial charge < -0.3 is 4.74 Å². The van der Waals surface area contributed by atoms with Crippen molar-refractivity contribution in [3.63, 3.8) is 0 Å². The van der Waals surface area contributed by atoms with Crippen molar-refractivity contribution in [2.75, 3.05) is 7.11 Å². The first-order valence-electron chi connectivity index (χ1n) is 5.40. The van der Waals surface area contributed by atoms with Crippen LogP contribution in [0.3, 0.4) is 0 Å². The van der Waals surface area contributed by atoms with Crippen molar-refractivity contribution >= 4 is 0 Å². The molecule has 17 heavy (non-hydrogen) atoms. The zero-order chi connectivity index (χ0) is 12.3. The molecule has 0 aliphatic heterocycles. The van der Waals surface area contributed by atoms with E-state index < -0.39 is 0 Å². The van der Waals surface area contributed by atoms with Crippen molar-refractivity contribution in [1.29, 1.82) is 5.26 Å². The van der Waals surface area contributed by atoms with E-state index in [-0.39, 0.29) is 0 Å². The molecule has 0 radical (unpaired) electrons. The largest absolute Gasteiger partial charge is 0.497 e. The lowest BCUT2D eigenvalue weighted by atomic mass is 9.99. The topological polar surface area (TPSA) is 33.0 Å². The van der Waals surface area contributed by atoms with E-state index >= 15 is 0 Å². The number of nitriles is 1. The summed E-state index contributed by atoms with van der Waals surface area (Å²) in [5, 5.41) is 8.83. The zero-order valence-electron chi connectivity index (χ0n) is 9.90. The van der Waals surface area contributed by atoms with Crippen molar-refractivity contribution in [3.05, 3.63) is 53.6 Å². The van der Waals surface area contributed by atoms with Gasteiger partial charge in [-0.15, -0.1) is 0 Å². The number of methoxy groups -OCH3 is 1. The van der Waals surface area contributed by atoms with Crippen molar-refractivity contribution in [2.24, 2.45) is 0 Å². The molecular formula is C15H13NO. The van der Waals surface area contributed by atoms with Crippen LogP contribution in [0.15, 0.2) is 42.5 Å². The number of aryl methyl sites for hydroxylation is 1. The number of benzene rings is 2. The summed E-state index contributed by atoms with van der Waals surface area (Å²) in [4.78, 5) is 0. The zero-order valence-corrected chi connectivity index (χ0v) is 9.90. The van der Waals surface area contributed by atoms with Gasteiger partial charge in [-0.1, -0.05) is 18.2 Å². The highest BCUT2D eigenvalue weighted by molar-refractivity contribution is 5.68. The predicted molar refractivity (Wildman–Crippen MR) is 67.9 cm³/mol. The fraction of sp³-hybridized carbons (Fsp3) is 0.133. The third kappa shape index (κ3) is 2.29. The third-order valence-electron chi connectivity index (χ3n) is 2.76. The van der Waals surface area contributed by atoms with E-state index in [1.807, 2.05) is 49.4 Å². The lowest BCUT2D eigenvalue weighted by Crippen LogP contribution is -1.86. The number of ether oxygens (including phenoxy) is 1. The van der Waals surface area contributed by atoms with Crippen LogP contribution >= 0.6 is 0 Å². The Balaban J connectivity index is 2.42. The quantitative estimate of drug-likeness (QED) is 0.780. The molecule has 0 heterocycles. The molecule has 0 unspecified atom stereocenters. The van der Waals surface area contributed by atoms with Gasteiger partial charge in [0.1, 0.15) is 5.75 Å². The SMILES string of the molecule is COc1ccc(-c2ccc(C#N)cc2C)cc1. The molecule has 0 saturated heterocycles. The van der Waals surface area contributed by atoms with Gasteiger partial charge >= 0.3 is 0 Å². The molecule has 0 bridgehead atoms. The lowest BCUT2D eigenvalue weighted by Gasteiger charge is -2.07. The van der Waals surface area contributed by atoms with E-state index in [0.29, 0.717) is 5.56 Å². The van der Waals surface area contributed by atoms with E-state index in [0.717, 1.165) is 22.4 Å². The van der Waals surface area contributed by atoms with Crippen LogP contribution < -0.4 is 4.74 Å². The highest BCUT2D eigenvalue weighted by Gasteiger charge is 2.03. The summed E-state index contributed by atoms with van der Waals surface area (Å²) in [5.74, 6) is 0.847. The Morgan fingerprint density at radius 1 is 1.06 bits per heavy atom. The summed E-state index contributed by atoms with van der Waals surface area (Å²) in [6.45, 7) is 2.01. The molecule has 84 valence electrons. The second kappa shape index (κ2) is 4.71. The van der Waals surface area contributed by atoms with E-state index in [1.54, 1.807) is 7.11 Å². The maximum Gasteiger partial charge on any atom is 0.118 e. The van der Waals surface area contributed by atoms with Crippen LogP contribution in [0.4, 0.5) is 0 Å². The molecule has 0 aliphatic rings. The highest BCUT2D eigenvalue weighted by Crippen LogP contribution is 2.25. The smallest absolute Gasteiger partial charge is 0.118 e. The average Bonchev–Trinajstić information content (AvgIpc) is 2.39. The molecule has 2 nitrogen and oxygen atoms in total. The summed E-state index contributed by atoms with van der Waals surface area (Å²) in [7, 11) is 1.65. The molecule has 0 N–H and O–H groups in total. The fourth-order valence-electron chi connectivity index (χ4n) is 1.83. The summed E-state index contributed by atoms with van der Waals surface area (Å²) in [5.41, 5.74) is 4.08. The van der Waals surface area contributed by atoms with E-state index in [4.69, 9.17) is 10.00 Å². The molecule has 0 atom stereocenters. The molecule has 2 rings (SSSR count). The lowest BCUT2D eigenvalue weighted by molar-refractivity contribution is 0.415. The molecule has 0 fully saturated rings. The minimum atomic E-state index is 0.694. The summed E-state index contributed by atoms with van der Waals surface area (Å²) >= 11 is 0. The Morgan fingerprint density at radius 2 is 1.76 bits per heavy atom. The monoisotopic (exact) mass is 223 g/mol. The third-order valence-corrected chi connectivity index (χ3v) is 2.76. The van der Waals surface area contributed by atoms with Crippen LogP contribution in [0, 0.1) is 18.3 Å². The van der Waals surface area contributed by atoms with Crippen LogP contribution in [0.25, 0.3) is 11.1 Å². The summed E-state index contributed by atoms with van der Waals surface area (Å²) < 4.78 is 5.13. The van der Waals surface area contributed by atoms with Gasteiger partial charge in [0, 0.05) is 0 Å². The van der Waals surface area contributed by atoms with Gasteiger partial charge in [0.05, 0.1) is 18.7 Å². The fourth-order valence-corrected chi connectivity index (χ4v) is 1.83. The van der Waals surface area contributed by atoms with Gasteiger partial charge in [-0.3, -0.25) is 0 Å². The second-order valence-electron chi connectivity index (χ2n) is 3.87. The Hall–Kier alpha value is -2.27. The maximum absolute atomic E-state index is 8.83. The molecule has 2 heteroatoms. The summed E-state index contributed by atoms with van der Waals surface area (Å²) in [6, 6.07) is 15.8. The summed E-state index contributed by atoms with van der Waals surface area (Å²) in [6.07, 6.45) is 0. The highest BCUT2D eigenvalue weighted by atomic mass is 16.5. The van der Waals surface area contributed by atoms with Gasteiger partial charge in [0.2, 0.25) is 0 Å². The normalized spacial score (nSPS) is 9.71. The molecule has 0 amide bonds. The van der Waals surface area contributed by atoms with Crippen LogP contribution in [0.5, 0.6) is 5.75 Å². The van der Waals surface area contributed by atoms with Gasteiger partial charge in [0.25, 0.3) is 0 Å². The van der Waals surface area contributed by atoms with Crippen LogP contribution in [0.1, 0.15) is 11.1 Å². The van der Waals surface area contributed by atoms with E-state index in [1.165, 1.54) is 0 Å². The molecule has 0 aliphatic carbocycles. The molecule has 0 saturated carbocycles. The minimum Gasteiger partial charge on any atom is -0.497 e. The predicted octanol–water partition coefficient (Wildman–Crippen LogP) is 3.54. The van der Waals surface area contributed by atoms with Crippen LogP contribution in [-0.2, 0) is 0 Å². The molecular weight excluding hydrogens is 210 g/mol. The van der Waals surface area contributed by atoms with Crippen LogP contribution in [0.2, 0.25) is 0 Å². The van der Waals surface area contributed by atoms with Crippen molar-refractivity contribution in [3.8, 4) is 22.9 Å². The van der Waals surface area contributed by atoms with E-state index in [9.17, 15) is 0 Å². The molecule has 0 aromatic heterocycles. The van der Waals surface area contributed by atoms with E-state index in [2.05, 4.69) is 6.07 Å². The maximum atomic E-state index is 8.83. The van der Waals surface area contributed by atoms with Crippen molar-refractivity contribution in [2.45, 2.75) is 6.92 Å². The van der Waals surface area contributed by atoms with Crippen molar-refractivity contribution < 1.29 is 4.74 Å². The van der Waals surface area contributed by atoms with Gasteiger partial charge in [-0.2, -0.15) is 5.26 Å². The molecule has 2 aromatic rings. The Morgan fingerprint density at radius 3 is 2.29 bits per heavy atom. The Labute approximate surface area is 101 Å². The minimum absolute atomic E-state index is 0.694. The second-order valence-corrected chi connectivity index (χ2v) is 3.87. The average molecular weight is 223 g/mol. The van der Waals surface area contributed by atoms with Crippen LogP contribution in [-0.4, -0.2) is 7.11 Å². The number of hydrogen-bond acceptors (Lipinski definition) is 2. The Kier molecular flexibility index (Phi) is 3.11. The first-order valence-corrected chi connectivity index (χ1v) is 5.40. The molecule has 0 spiro atoms. The van der Waals surface area contributed by atoms with Gasteiger partial charge in [0.15, 0.2) is 0 Å². The number of rotatable bonds is 2. The standard InChI is InChI=1S/C15H13NO/c1-11-9-12(10-16)3-8-15(11)13-4-6-14(17-2)7-5-13/h3-9H,1-2H3. The van der Waals surface area contributed by atoms with Gasteiger partial charge in [-0.25, -0.2) is 0 Å². The first-order chi connectivity index (χ1) is 8.24. The number of nitrogens with zero attached hydrogens (tertiary/aromatic N) is 1. The molecule has 2 aromatic carbocycles. The number of hydrogen-bond donors (Lipinski definition) is 0. The first kappa shape index (κ1) is 11.2. The van der Waals surface area contributed by atoms with Crippen molar-refractivity contribution in [1.82, 2.24) is 0 Å². The van der Waals surface area contributed by atoms with Gasteiger partial charge in [-0.05, 0) is 47.9 Å².